The van der Waals surface area contributed by atoms with Gasteiger partial charge in [-0.2, -0.15) is 0 Å². The molecule has 0 saturated carbocycles. The molecule has 1 amide bonds. The molecule has 1 rings (SSSR count). The van der Waals surface area contributed by atoms with E-state index in [1.807, 2.05) is 6.92 Å². The number of likely N-dealkylation sites (tertiary alicyclic amines) is 1. The molecule has 1 fully saturated rings. The summed E-state index contributed by atoms with van der Waals surface area (Å²) in [6.07, 6.45) is 0.526. The maximum Gasteiger partial charge on any atom is 0.326 e. The molecule has 0 spiro atoms. The van der Waals surface area contributed by atoms with Crippen molar-refractivity contribution in [3.05, 3.63) is 0 Å². The van der Waals surface area contributed by atoms with Crippen LogP contribution >= 0.6 is 0 Å². The largest absolute Gasteiger partial charge is 0.480 e. The van der Waals surface area contributed by atoms with Crippen molar-refractivity contribution >= 4 is 11.9 Å². The summed E-state index contributed by atoms with van der Waals surface area (Å²) in [6.45, 7) is 3.56. The number of nitrogens with zero attached hydrogens (tertiary/aromatic N) is 1. The van der Waals surface area contributed by atoms with E-state index in [1.165, 1.54) is 4.90 Å². The Morgan fingerprint density at radius 2 is 2.12 bits per heavy atom. The van der Waals surface area contributed by atoms with E-state index < -0.39 is 29.6 Å². The van der Waals surface area contributed by atoms with Crippen LogP contribution in [0, 0.1) is 0 Å². The van der Waals surface area contributed by atoms with Crippen LogP contribution in [0.5, 0.6) is 0 Å². The number of carbonyl (C=O) groups is 2. The summed E-state index contributed by atoms with van der Waals surface area (Å²) in [5.74, 6) is -1.49. The molecule has 98 valence electrons. The Balaban J connectivity index is 2.84. The average molecular weight is 244 g/mol. The molecule has 0 aromatic carbocycles. The van der Waals surface area contributed by atoms with E-state index >= 15 is 0 Å². The smallest absolute Gasteiger partial charge is 0.326 e. The van der Waals surface area contributed by atoms with Crippen LogP contribution in [0.25, 0.3) is 0 Å². The van der Waals surface area contributed by atoms with Gasteiger partial charge < -0.3 is 20.8 Å². The Hall–Kier alpha value is -1.14. The SMILES string of the molecule is CCCC(C)(N)C(=O)N1CC(O)C[C@H]1C(=O)O. The fraction of sp³-hybridized carbons (Fsp3) is 0.818. The second-order valence-electron chi connectivity index (χ2n) is 4.87. The number of amides is 1. The molecule has 6 nitrogen and oxygen atoms in total. The standard InChI is InChI=1S/C11H20N2O4/c1-3-4-11(2,12)10(17)13-6-7(14)5-8(13)9(15)16/h7-8,14H,3-6,12H2,1-2H3,(H,15,16)/t7?,8-,11?/m0/s1. The molecule has 0 bridgehead atoms. The van der Waals surface area contributed by atoms with E-state index in [0.717, 1.165) is 6.42 Å². The minimum Gasteiger partial charge on any atom is -0.480 e. The molecule has 0 aliphatic carbocycles. The highest BCUT2D eigenvalue weighted by atomic mass is 16.4. The van der Waals surface area contributed by atoms with Crippen molar-refractivity contribution in [1.29, 1.82) is 0 Å². The number of aliphatic carboxylic acids is 1. The fourth-order valence-corrected chi connectivity index (χ4v) is 2.23. The molecule has 1 aliphatic heterocycles. The number of aliphatic hydroxyl groups excluding tert-OH is 1. The molecular formula is C11H20N2O4. The number of nitrogens with two attached hydrogens (primary N) is 1. The summed E-state index contributed by atoms with van der Waals surface area (Å²) in [4.78, 5) is 24.3. The number of β-amino-alcohol motifs (C(OH)–C–C–N with tert-alkyl or cyclic N) is 1. The number of carboxylic acid groups (broad SMARTS) is 1. The maximum atomic E-state index is 12.1. The highest BCUT2D eigenvalue weighted by Crippen LogP contribution is 2.23. The van der Waals surface area contributed by atoms with Gasteiger partial charge >= 0.3 is 5.97 Å². The Morgan fingerprint density at radius 1 is 1.53 bits per heavy atom. The summed E-state index contributed by atoms with van der Waals surface area (Å²) in [5, 5.41) is 18.5. The zero-order valence-electron chi connectivity index (χ0n) is 10.2. The third-order valence-corrected chi connectivity index (χ3v) is 3.08. The number of carboxylic acids is 1. The molecular weight excluding hydrogens is 224 g/mol. The van der Waals surface area contributed by atoms with Crippen molar-refractivity contribution in [2.24, 2.45) is 5.73 Å². The van der Waals surface area contributed by atoms with E-state index in [1.54, 1.807) is 6.92 Å². The predicted molar refractivity (Wildman–Crippen MR) is 61.3 cm³/mol. The summed E-state index contributed by atoms with van der Waals surface area (Å²) >= 11 is 0. The first-order valence-corrected chi connectivity index (χ1v) is 5.80. The molecule has 4 N–H and O–H groups in total. The van der Waals surface area contributed by atoms with Gasteiger partial charge in [0.2, 0.25) is 5.91 Å². The van der Waals surface area contributed by atoms with Crippen molar-refractivity contribution in [2.45, 2.75) is 50.8 Å². The van der Waals surface area contributed by atoms with Crippen LogP contribution in [-0.2, 0) is 9.59 Å². The number of carbonyl (C=O) groups excluding carboxylic acids is 1. The minimum atomic E-state index is -1.10. The van der Waals surface area contributed by atoms with Crippen LogP contribution in [0.3, 0.4) is 0 Å². The molecule has 2 unspecified atom stereocenters. The van der Waals surface area contributed by atoms with Crippen LogP contribution in [-0.4, -0.2) is 51.2 Å². The Labute approximate surface area is 100 Å². The van der Waals surface area contributed by atoms with Crippen LogP contribution in [0.15, 0.2) is 0 Å². The Morgan fingerprint density at radius 3 is 2.59 bits per heavy atom. The van der Waals surface area contributed by atoms with E-state index in [2.05, 4.69) is 0 Å². The molecule has 17 heavy (non-hydrogen) atoms. The number of hydrogen-bond donors (Lipinski definition) is 3. The number of rotatable bonds is 4. The van der Waals surface area contributed by atoms with E-state index in [0.29, 0.717) is 6.42 Å². The summed E-state index contributed by atoms with van der Waals surface area (Å²) < 4.78 is 0. The van der Waals surface area contributed by atoms with Crippen LogP contribution in [0.4, 0.5) is 0 Å². The van der Waals surface area contributed by atoms with Gasteiger partial charge in [0.25, 0.3) is 0 Å². The summed E-state index contributed by atoms with van der Waals surface area (Å²) in [5.41, 5.74) is 4.83. The fourth-order valence-electron chi connectivity index (χ4n) is 2.23. The van der Waals surface area contributed by atoms with Crippen molar-refractivity contribution in [3.8, 4) is 0 Å². The van der Waals surface area contributed by atoms with E-state index in [9.17, 15) is 14.7 Å². The van der Waals surface area contributed by atoms with Gasteiger partial charge in [-0.1, -0.05) is 13.3 Å². The zero-order chi connectivity index (χ0) is 13.2. The van der Waals surface area contributed by atoms with Crippen molar-refractivity contribution < 1.29 is 19.8 Å². The predicted octanol–water partition coefficient (Wildman–Crippen LogP) is -0.450. The monoisotopic (exact) mass is 244 g/mol. The molecule has 1 aliphatic rings. The van der Waals surface area contributed by atoms with Crippen molar-refractivity contribution in [1.82, 2.24) is 4.90 Å². The van der Waals surface area contributed by atoms with Gasteiger partial charge in [-0.3, -0.25) is 4.79 Å². The summed E-state index contributed by atoms with van der Waals surface area (Å²) in [7, 11) is 0. The Kier molecular flexibility index (Phi) is 4.11. The Bertz CT molecular complexity index is 317. The van der Waals surface area contributed by atoms with Gasteiger partial charge in [-0.15, -0.1) is 0 Å². The minimum absolute atomic E-state index is 0.0479. The van der Waals surface area contributed by atoms with Gasteiger partial charge in [0.15, 0.2) is 0 Å². The molecule has 3 atom stereocenters. The average Bonchev–Trinajstić information content (AvgIpc) is 2.59. The van der Waals surface area contributed by atoms with E-state index in [-0.39, 0.29) is 13.0 Å². The van der Waals surface area contributed by atoms with Gasteiger partial charge in [0, 0.05) is 13.0 Å². The summed E-state index contributed by atoms with van der Waals surface area (Å²) in [6, 6.07) is -0.961. The molecule has 0 aromatic heterocycles. The first-order valence-electron chi connectivity index (χ1n) is 5.80. The van der Waals surface area contributed by atoms with Crippen LogP contribution < -0.4 is 5.73 Å². The normalized spacial score (nSPS) is 27.9. The lowest BCUT2D eigenvalue weighted by Gasteiger charge is -2.31. The molecule has 1 saturated heterocycles. The third-order valence-electron chi connectivity index (χ3n) is 3.08. The van der Waals surface area contributed by atoms with Gasteiger partial charge in [-0.25, -0.2) is 4.79 Å². The highest BCUT2D eigenvalue weighted by Gasteiger charge is 2.43. The highest BCUT2D eigenvalue weighted by molar-refractivity contribution is 5.90. The molecule has 0 aromatic rings. The maximum absolute atomic E-state index is 12.1. The second kappa shape index (κ2) is 5.01. The topological polar surface area (TPSA) is 104 Å². The second-order valence-corrected chi connectivity index (χ2v) is 4.87. The first kappa shape index (κ1) is 13.9. The van der Waals surface area contributed by atoms with Gasteiger partial charge in [0.1, 0.15) is 6.04 Å². The van der Waals surface area contributed by atoms with Crippen LogP contribution in [0.2, 0.25) is 0 Å². The molecule has 0 radical (unpaired) electrons. The quantitative estimate of drug-likeness (QED) is 0.621. The first-order chi connectivity index (χ1) is 7.79. The molecule has 6 heteroatoms. The third kappa shape index (κ3) is 2.95. The number of aliphatic hydroxyl groups is 1. The lowest BCUT2D eigenvalue weighted by molar-refractivity contribution is -0.150. The van der Waals surface area contributed by atoms with Gasteiger partial charge in [0.05, 0.1) is 11.6 Å². The van der Waals surface area contributed by atoms with Crippen LogP contribution in [0.1, 0.15) is 33.1 Å². The van der Waals surface area contributed by atoms with Crippen molar-refractivity contribution in [2.75, 3.05) is 6.54 Å². The molecule has 1 heterocycles. The van der Waals surface area contributed by atoms with Crippen molar-refractivity contribution in [3.63, 3.8) is 0 Å². The van der Waals surface area contributed by atoms with E-state index in [4.69, 9.17) is 10.8 Å². The number of hydrogen-bond acceptors (Lipinski definition) is 4. The zero-order valence-corrected chi connectivity index (χ0v) is 10.2. The lowest BCUT2D eigenvalue weighted by Crippen LogP contribution is -2.55. The van der Waals surface area contributed by atoms with Gasteiger partial charge in [-0.05, 0) is 13.3 Å². The lowest BCUT2D eigenvalue weighted by atomic mass is 9.95.